The van der Waals surface area contributed by atoms with E-state index in [0.29, 0.717) is 6.61 Å². The van der Waals surface area contributed by atoms with Gasteiger partial charge in [-0.3, -0.25) is 0 Å². The van der Waals surface area contributed by atoms with Gasteiger partial charge in [-0.2, -0.15) is 0 Å². The van der Waals surface area contributed by atoms with Gasteiger partial charge in [0.05, 0.1) is 0 Å². The molecule has 0 saturated carbocycles. The zero-order chi connectivity index (χ0) is 11.1. The monoisotopic (exact) mass is 200 g/mol. The highest BCUT2D eigenvalue weighted by Gasteiger charge is 1.84. The van der Waals surface area contributed by atoms with Crippen LogP contribution in [0.5, 0.6) is 0 Å². The largest absolute Gasteiger partial charge is 0.396 e. The molecule has 1 nitrogen and oxygen atoms in total. The van der Waals surface area contributed by atoms with Crippen LogP contribution in [0.2, 0.25) is 0 Å². The smallest absolute Gasteiger partial charge is 0.0431 e. The lowest BCUT2D eigenvalue weighted by molar-refractivity contribution is 0.282. The lowest BCUT2D eigenvalue weighted by Crippen LogP contribution is -1.81. The van der Waals surface area contributed by atoms with Gasteiger partial charge in [-0.25, -0.2) is 0 Å². The van der Waals surface area contributed by atoms with Gasteiger partial charge in [0.2, 0.25) is 0 Å². The van der Waals surface area contributed by atoms with Gasteiger partial charge >= 0.3 is 0 Å². The molecule has 0 aromatic rings. The van der Waals surface area contributed by atoms with Crippen LogP contribution in [0.25, 0.3) is 0 Å². The molecule has 0 aliphatic rings. The summed E-state index contributed by atoms with van der Waals surface area (Å²) < 4.78 is 0. The Bertz CT molecular complexity index is 83.2. The first-order valence-corrected chi connectivity index (χ1v) is 6.05. The third-order valence-electron chi connectivity index (χ3n) is 2.02. The summed E-state index contributed by atoms with van der Waals surface area (Å²) >= 11 is 0. The molecule has 0 atom stereocenters. The number of allylic oxidation sites excluding steroid dienone is 1. The van der Waals surface area contributed by atoms with E-state index in [0.717, 1.165) is 6.42 Å². The van der Waals surface area contributed by atoms with Crippen LogP contribution in [0.3, 0.4) is 0 Å². The van der Waals surface area contributed by atoms with Crippen molar-refractivity contribution in [3.05, 3.63) is 12.7 Å². The lowest BCUT2D eigenvalue weighted by atomic mass is 10.2. The highest BCUT2D eigenvalue weighted by Crippen LogP contribution is 2.00. The first kappa shape index (κ1) is 16.1. The van der Waals surface area contributed by atoms with E-state index in [1.54, 1.807) is 0 Å². The minimum Gasteiger partial charge on any atom is -0.396 e. The fourth-order valence-electron chi connectivity index (χ4n) is 1.06. The summed E-state index contributed by atoms with van der Waals surface area (Å²) in [7, 11) is 0. The van der Waals surface area contributed by atoms with E-state index in [1.807, 2.05) is 6.08 Å². The molecule has 0 unspecified atom stereocenters. The number of hydrogen-bond donors (Lipinski definition) is 1. The lowest BCUT2D eigenvalue weighted by Gasteiger charge is -1.93. The second kappa shape index (κ2) is 18.5. The van der Waals surface area contributed by atoms with Crippen LogP contribution < -0.4 is 0 Å². The standard InChI is InChI=1S/C7H16O.C6H12/c1-2-3-4-5-6-7-8;1-3-5-6-4-2/h8H,2-7H2,1H3;3H,1,4-6H2,2H3. The maximum absolute atomic E-state index is 8.37. The molecule has 0 spiro atoms. The summed E-state index contributed by atoms with van der Waals surface area (Å²) in [5.74, 6) is 0. The summed E-state index contributed by atoms with van der Waals surface area (Å²) in [5, 5.41) is 8.37. The van der Waals surface area contributed by atoms with Gasteiger partial charge in [0, 0.05) is 6.61 Å². The van der Waals surface area contributed by atoms with Crippen LogP contribution >= 0.6 is 0 Å². The molecule has 0 radical (unpaired) electrons. The maximum atomic E-state index is 8.37. The molecule has 0 aliphatic heterocycles. The molecule has 0 amide bonds. The van der Waals surface area contributed by atoms with Gasteiger partial charge in [0.15, 0.2) is 0 Å². The second-order valence-corrected chi connectivity index (χ2v) is 3.57. The minimum absolute atomic E-state index is 0.365. The summed E-state index contributed by atoms with van der Waals surface area (Å²) in [4.78, 5) is 0. The first-order valence-electron chi connectivity index (χ1n) is 6.05. The zero-order valence-corrected chi connectivity index (χ0v) is 10.1. The molecule has 1 heteroatoms. The van der Waals surface area contributed by atoms with E-state index in [-0.39, 0.29) is 0 Å². The van der Waals surface area contributed by atoms with Gasteiger partial charge in [-0.1, -0.05) is 58.4 Å². The molecular weight excluding hydrogens is 172 g/mol. The number of aliphatic hydroxyl groups is 1. The Hall–Kier alpha value is -0.300. The normalized spacial score (nSPS) is 9.07. The summed E-state index contributed by atoms with van der Waals surface area (Å²) in [5.41, 5.74) is 0. The molecule has 0 bridgehead atoms. The third-order valence-corrected chi connectivity index (χ3v) is 2.02. The Morgan fingerprint density at radius 2 is 1.50 bits per heavy atom. The van der Waals surface area contributed by atoms with Crippen molar-refractivity contribution >= 4 is 0 Å². The maximum Gasteiger partial charge on any atom is 0.0431 e. The Kier molecular flexibility index (Phi) is 21.3. The summed E-state index contributed by atoms with van der Waals surface area (Å²) in [6, 6.07) is 0. The molecule has 0 fully saturated rings. The average molecular weight is 200 g/mol. The van der Waals surface area contributed by atoms with Crippen molar-refractivity contribution in [3.63, 3.8) is 0 Å². The van der Waals surface area contributed by atoms with E-state index in [9.17, 15) is 0 Å². The summed E-state index contributed by atoms with van der Waals surface area (Å²) in [6.07, 6.45) is 11.8. The third kappa shape index (κ3) is 22.6. The molecule has 0 heterocycles. The van der Waals surface area contributed by atoms with Crippen molar-refractivity contribution in [2.45, 2.75) is 65.2 Å². The molecule has 86 valence electrons. The van der Waals surface area contributed by atoms with E-state index in [2.05, 4.69) is 20.4 Å². The van der Waals surface area contributed by atoms with Crippen molar-refractivity contribution in [1.29, 1.82) is 0 Å². The number of unbranched alkanes of at least 4 members (excludes halogenated alkanes) is 6. The van der Waals surface area contributed by atoms with Gasteiger partial charge in [-0.15, -0.1) is 6.58 Å². The Morgan fingerprint density at radius 3 is 1.86 bits per heavy atom. The van der Waals surface area contributed by atoms with E-state index >= 15 is 0 Å². The number of rotatable bonds is 8. The van der Waals surface area contributed by atoms with Gasteiger partial charge in [-0.05, 0) is 12.8 Å². The SMILES string of the molecule is C=CCCCC.CCCCCCCO. The quantitative estimate of drug-likeness (QED) is 0.457. The summed E-state index contributed by atoms with van der Waals surface area (Å²) in [6.45, 7) is 8.34. The molecular formula is C13H28O. The van der Waals surface area contributed by atoms with Crippen LogP contribution in [0.4, 0.5) is 0 Å². The Balaban J connectivity index is 0. The molecule has 0 aromatic carbocycles. The van der Waals surface area contributed by atoms with E-state index in [1.165, 1.54) is 44.9 Å². The minimum atomic E-state index is 0.365. The van der Waals surface area contributed by atoms with Crippen molar-refractivity contribution in [3.8, 4) is 0 Å². The van der Waals surface area contributed by atoms with Crippen molar-refractivity contribution in [2.24, 2.45) is 0 Å². The first-order chi connectivity index (χ1) is 6.83. The fourth-order valence-corrected chi connectivity index (χ4v) is 1.06. The number of aliphatic hydroxyl groups excluding tert-OH is 1. The topological polar surface area (TPSA) is 20.2 Å². The molecule has 0 saturated heterocycles. The van der Waals surface area contributed by atoms with Crippen molar-refractivity contribution < 1.29 is 5.11 Å². The molecule has 0 rings (SSSR count). The van der Waals surface area contributed by atoms with Crippen molar-refractivity contribution in [1.82, 2.24) is 0 Å². The highest BCUT2D eigenvalue weighted by molar-refractivity contribution is 4.64. The Morgan fingerprint density at radius 1 is 0.929 bits per heavy atom. The molecule has 0 aliphatic carbocycles. The van der Waals surface area contributed by atoms with E-state index < -0.39 is 0 Å². The Labute approximate surface area is 90.2 Å². The second-order valence-electron chi connectivity index (χ2n) is 3.57. The van der Waals surface area contributed by atoms with Crippen LogP contribution in [0, 0.1) is 0 Å². The molecule has 0 aromatic heterocycles. The van der Waals surface area contributed by atoms with Crippen LogP contribution in [-0.4, -0.2) is 11.7 Å². The predicted octanol–water partition coefficient (Wildman–Crippen LogP) is 4.31. The zero-order valence-electron chi connectivity index (χ0n) is 10.1. The van der Waals surface area contributed by atoms with Crippen molar-refractivity contribution in [2.75, 3.05) is 6.61 Å². The molecule has 14 heavy (non-hydrogen) atoms. The van der Waals surface area contributed by atoms with Gasteiger partial charge in [0.25, 0.3) is 0 Å². The van der Waals surface area contributed by atoms with Crippen LogP contribution in [0.15, 0.2) is 12.7 Å². The predicted molar refractivity (Wildman–Crippen MR) is 65.6 cm³/mol. The fraction of sp³-hybridized carbons (Fsp3) is 0.846. The highest BCUT2D eigenvalue weighted by atomic mass is 16.2. The van der Waals surface area contributed by atoms with Gasteiger partial charge < -0.3 is 5.11 Å². The average Bonchev–Trinajstić information content (AvgIpc) is 2.22. The van der Waals surface area contributed by atoms with E-state index in [4.69, 9.17) is 5.11 Å². The van der Waals surface area contributed by atoms with Gasteiger partial charge in [0.1, 0.15) is 0 Å². The van der Waals surface area contributed by atoms with Crippen LogP contribution in [0.1, 0.15) is 65.2 Å². The number of hydrogen-bond acceptors (Lipinski definition) is 1. The molecule has 1 N–H and O–H groups in total. The van der Waals surface area contributed by atoms with Crippen LogP contribution in [-0.2, 0) is 0 Å².